The lowest BCUT2D eigenvalue weighted by Crippen LogP contribution is -2.36. The number of aliphatic hydroxyl groups excluding tert-OH is 1. The van der Waals surface area contributed by atoms with E-state index in [0.717, 1.165) is 23.8 Å². The second-order valence-electron chi connectivity index (χ2n) is 8.45. The molecular formula is C28H30O7. The van der Waals surface area contributed by atoms with Crippen molar-refractivity contribution in [2.24, 2.45) is 0 Å². The van der Waals surface area contributed by atoms with E-state index in [1.807, 2.05) is 54.6 Å². The number of hydrogen-bond acceptors (Lipinski definition) is 6. The van der Waals surface area contributed by atoms with Gasteiger partial charge >= 0.3 is 5.97 Å². The Balaban J connectivity index is 1.66. The molecule has 1 aliphatic heterocycles. The highest BCUT2D eigenvalue weighted by Crippen LogP contribution is 2.37. The zero-order chi connectivity index (χ0) is 24.8. The Morgan fingerprint density at radius 1 is 1.06 bits per heavy atom. The van der Waals surface area contributed by atoms with Crippen LogP contribution in [0.5, 0.6) is 11.5 Å². The van der Waals surface area contributed by atoms with Gasteiger partial charge in [0.15, 0.2) is 0 Å². The van der Waals surface area contributed by atoms with Crippen LogP contribution in [0.25, 0.3) is 21.9 Å². The Kier molecular flexibility index (Phi) is 7.70. The molecule has 0 aromatic heterocycles. The van der Waals surface area contributed by atoms with Gasteiger partial charge in [0.2, 0.25) is 0 Å². The summed E-state index contributed by atoms with van der Waals surface area (Å²) < 4.78 is 22.3. The summed E-state index contributed by atoms with van der Waals surface area (Å²) in [6.45, 7) is 1.29. The van der Waals surface area contributed by atoms with E-state index < -0.39 is 12.6 Å². The molecule has 0 radical (unpaired) electrons. The number of carboxylic acid groups (broad SMARTS) is 1. The van der Waals surface area contributed by atoms with Gasteiger partial charge in [0.1, 0.15) is 18.1 Å². The molecule has 7 heteroatoms. The molecule has 1 fully saturated rings. The van der Waals surface area contributed by atoms with Crippen molar-refractivity contribution in [1.82, 2.24) is 0 Å². The molecule has 1 saturated heterocycles. The number of methoxy groups -OCH3 is 2. The molecule has 3 aromatic carbocycles. The van der Waals surface area contributed by atoms with Gasteiger partial charge in [0.25, 0.3) is 0 Å². The van der Waals surface area contributed by atoms with Crippen LogP contribution in [-0.2, 0) is 16.1 Å². The summed E-state index contributed by atoms with van der Waals surface area (Å²) in [5, 5.41) is 21.4. The van der Waals surface area contributed by atoms with Crippen LogP contribution >= 0.6 is 0 Å². The van der Waals surface area contributed by atoms with Crippen molar-refractivity contribution in [2.45, 2.75) is 25.0 Å². The van der Waals surface area contributed by atoms with Crippen molar-refractivity contribution < 1.29 is 34.0 Å². The normalized spacial score (nSPS) is 15.4. The number of ether oxygens (including phenoxy) is 4. The smallest absolute Gasteiger partial charge is 0.336 e. The molecule has 0 spiro atoms. The standard InChI is InChI=1S/C28H30O7/c1-32-21-6-4-19(5-7-21)26-23-9-8-22(16-20(23)17-24(27(30)31)25(26)18-29)35-13-3-10-28(33-2)11-14-34-15-12-28/h3-10,16-17,29H,11-15,18H2,1-2H3,(H,30,31). The number of hydrogen-bond donors (Lipinski definition) is 2. The molecule has 4 rings (SSSR count). The van der Waals surface area contributed by atoms with Crippen LogP contribution in [-0.4, -0.2) is 55.8 Å². The number of benzene rings is 3. The molecule has 0 amide bonds. The summed E-state index contributed by atoms with van der Waals surface area (Å²) in [5.41, 5.74) is 1.58. The topological polar surface area (TPSA) is 94.5 Å². The zero-order valence-corrected chi connectivity index (χ0v) is 20.0. The summed E-state index contributed by atoms with van der Waals surface area (Å²) in [6, 6.07) is 14.5. The van der Waals surface area contributed by atoms with E-state index in [1.54, 1.807) is 20.3 Å². The summed E-state index contributed by atoms with van der Waals surface area (Å²) in [5.74, 6) is 0.216. The minimum atomic E-state index is -1.10. The molecule has 0 bridgehead atoms. The van der Waals surface area contributed by atoms with Crippen LogP contribution in [0, 0.1) is 0 Å². The SMILES string of the molecule is COc1ccc(-c2c(CO)c(C(=O)O)cc3cc(OCC=CC4(OC)CCOCC4)ccc23)cc1. The third-order valence-electron chi connectivity index (χ3n) is 6.50. The molecular weight excluding hydrogens is 448 g/mol. The maximum atomic E-state index is 12.0. The van der Waals surface area contributed by atoms with Crippen molar-refractivity contribution in [3.8, 4) is 22.6 Å². The summed E-state index contributed by atoms with van der Waals surface area (Å²) in [4.78, 5) is 12.0. The highest BCUT2D eigenvalue weighted by Gasteiger charge is 2.29. The van der Waals surface area contributed by atoms with Gasteiger partial charge < -0.3 is 29.2 Å². The second-order valence-corrected chi connectivity index (χ2v) is 8.45. The fraction of sp³-hybridized carbons (Fsp3) is 0.321. The zero-order valence-electron chi connectivity index (χ0n) is 20.0. The van der Waals surface area contributed by atoms with E-state index in [4.69, 9.17) is 18.9 Å². The number of fused-ring (bicyclic) bond motifs is 1. The maximum absolute atomic E-state index is 12.0. The number of carboxylic acids is 1. The average Bonchev–Trinajstić information content (AvgIpc) is 2.90. The minimum Gasteiger partial charge on any atom is -0.497 e. The predicted octanol–water partition coefficient (Wildman–Crippen LogP) is 4.84. The fourth-order valence-electron chi connectivity index (χ4n) is 4.52. The molecule has 1 aliphatic rings. The first-order valence-corrected chi connectivity index (χ1v) is 11.5. The number of aliphatic hydroxyl groups is 1. The Labute approximate surface area is 204 Å². The van der Waals surface area contributed by atoms with Crippen LogP contribution in [0.2, 0.25) is 0 Å². The first-order chi connectivity index (χ1) is 17.0. The molecule has 0 atom stereocenters. The highest BCUT2D eigenvalue weighted by atomic mass is 16.5. The van der Waals surface area contributed by atoms with Crippen molar-refractivity contribution in [1.29, 1.82) is 0 Å². The molecule has 35 heavy (non-hydrogen) atoms. The highest BCUT2D eigenvalue weighted by molar-refractivity contribution is 6.05. The van der Waals surface area contributed by atoms with Crippen molar-refractivity contribution in [2.75, 3.05) is 34.0 Å². The van der Waals surface area contributed by atoms with E-state index >= 15 is 0 Å². The van der Waals surface area contributed by atoms with E-state index in [0.29, 0.717) is 47.8 Å². The maximum Gasteiger partial charge on any atom is 0.336 e. The number of rotatable bonds is 9. The average molecular weight is 479 g/mol. The van der Waals surface area contributed by atoms with Crippen LogP contribution in [0.4, 0.5) is 0 Å². The van der Waals surface area contributed by atoms with Crippen LogP contribution in [0.1, 0.15) is 28.8 Å². The number of aromatic carboxylic acids is 1. The molecule has 3 aromatic rings. The molecule has 0 saturated carbocycles. The van der Waals surface area contributed by atoms with Crippen LogP contribution in [0.3, 0.4) is 0 Å². The molecule has 0 unspecified atom stereocenters. The van der Waals surface area contributed by atoms with Crippen molar-refractivity contribution in [3.63, 3.8) is 0 Å². The Bertz CT molecular complexity index is 1210. The second kappa shape index (κ2) is 10.9. The first-order valence-electron chi connectivity index (χ1n) is 11.5. The van der Waals surface area contributed by atoms with E-state index in [1.165, 1.54) is 0 Å². The predicted molar refractivity (Wildman–Crippen MR) is 133 cm³/mol. The van der Waals surface area contributed by atoms with Gasteiger partial charge in [0.05, 0.1) is 24.9 Å². The Hall–Kier alpha value is -3.39. The summed E-state index contributed by atoms with van der Waals surface area (Å²) >= 11 is 0. The molecule has 7 nitrogen and oxygen atoms in total. The molecule has 184 valence electrons. The van der Waals surface area contributed by atoms with E-state index in [-0.39, 0.29) is 11.2 Å². The van der Waals surface area contributed by atoms with Gasteiger partial charge in [-0.15, -0.1) is 0 Å². The van der Waals surface area contributed by atoms with Gasteiger partial charge in [-0.05, 0) is 58.3 Å². The third kappa shape index (κ3) is 5.32. The third-order valence-corrected chi connectivity index (χ3v) is 6.50. The number of carbonyl (C=O) groups is 1. The Morgan fingerprint density at radius 3 is 2.40 bits per heavy atom. The van der Waals surface area contributed by atoms with Gasteiger partial charge in [-0.3, -0.25) is 0 Å². The van der Waals surface area contributed by atoms with E-state index in [2.05, 4.69) is 0 Å². The van der Waals surface area contributed by atoms with Crippen LogP contribution in [0.15, 0.2) is 60.7 Å². The van der Waals surface area contributed by atoms with Gasteiger partial charge in [-0.25, -0.2) is 4.79 Å². The van der Waals surface area contributed by atoms with Gasteiger partial charge in [-0.1, -0.05) is 24.3 Å². The van der Waals surface area contributed by atoms with Crippen molar-refractivity contribution >= 4 is 16.7 Å². The lowest BCUT2D eigenvalue weighted by Gasteiger charge is -2.33. The van der Waals surface area contributed by atoms with Crippen LogP contribution < -0.4 is 9.47 Å². The monoisotopic (exact) mass is 478 g/mol. The minimum absolute atomic E-state index is 0.0596. The van der Waals surface area contributed by atoms with E-state index in [9.17, 15) is 15.0 Å². The van der Waals surface area contributed by atoms with Gasteiger partial charge in [0, 0.05) is 38.7 Å². The molecule has 1 heterocycles. The van der Waals surface area contributed by atoms with Crippen molar-refractivity contribution in [3.05, 3.63) is 71.8 Å². The summed E-state index contributed by atoms with van der Waals surface area (Å²) in [6.07, 6.45) is 5.58. The lowest BCUT2D eigenvalue weighted by atomic mass is 9.89. The largest absolute Gasteiger partial charge is 0.497 e. The van der Waals surface area contributed by atoms with Gasteiger partial charge in [-0.2, -0.15) is 0 Å². The molecule has 2 N–H and O–H groups in total. The summed E-state index contributed by atoms with van der Waals surface area (Å²) in [7, 11) is 3.30. The first kappa shape index (κ1) is 24.7. The fourth-order valence-corrected chi connectivity index (χ4v) is 4.52. The quantitative estimate of drug-likeness (QED) is 0.425. The molecule has 0 aliphatic carbocycles. The Morgan fingerprint density at radius 2 is 1.77 bits per heavy atom. The lowest BCUT2D eigenvalue weighted by molar-refractivity contribution is -0.0588.